The van der Waals surface area contributed by atoms with Crippen molar-refractivity contribution in [1.29, 1.82) is 0 Å². The number of hydrogen-bond acceptors (Lipinski definition) is 2. The average molecular weight is 231 g/mol. The molecular formula is C13H13NO3. The Bertz CT molecular complexity index is 479. The van der Waals surface area contributed by atoms with Crippen LogP contribution in [-0.4, -0.2) is 35.0 Å². The van der Waals surface area contributed by atoms with Crippen molar-refractivity contribution in [2.45, 2.75) is 6.42 Å². The second-order valence-electron chi connectivity index (χ2n) is 3.90. The highest BCUT2D eigenvalue weighted by atomic mass is 16.4. The number of hydrogen-bond donors (Lipinski definition) is 1. The highest BCUT2D eigenvalue weighted by Gasteiger charge is 2.22. The number of carboxylic acid groups (broad SMARTS) is 1. The third kappa shape index (κ3) is 2.53. The van der Waals surface area contributed by atoms with Crippen LogP contribution in [-0.2, 0) is 11.2 Å². The van der Waals surface area contributed by atoms with Gasteiger partial charge in [-0.15, -0.1) is 0 Å². The van der Waals surface area contributed by atoms with Gasteiger partial charge in [0.15, 0.2) is 0 Å². The fourth-order valence-corrected chi connectivity index (χ4v) is 1.93. The maximum atomic E-state index is 12.0. The number of benzene rings is 1. The molecule has 0 fully saturated rings. The van der Waals surface area contributed by atoms with E-state index in [0.717, 1.165) is 23.6 Å². The molecule has 0 saturated heterocycles. The molecule has 1 N–H and O–H groups in total. The number of carboxylic acids is 1. The van der Waals surface area contributed by atoms with E-state index in [2.05, 4.69) is 0 Å². The van der Waals surface area contributed by atoms with Gasteiger partial charge in [-0.3, -0.25) is 4.79 Å². The lowest BCUT2D eigenvalue weighted by molar-refractivity contribution is -0.131. The molecule has 0 aromatic heterocycles. The van der Waals surface area contributed by atoms with Gasteiger partial charge >= 0.3 is 5.97 Å². The van der Waals surface area contributed by atoms with Gasteiger partial charge in [0, 0.05) is 24.7 Å². The van der Waals surface area contributed by atoms with E-state index in [4.69, 9.17) is 5.11 Å². The van der Waals surface area contributed by atoms with Crippen molar-refractivity contribution in [3.8, 4) is 0 Å². The van der Waals surface area contributed by atoms with Crippen LogP contribution < -0.4 is 0 Å². The second-order valence-corrected chi connectivity index (χ2v) is 3.90. The third-order valence-corrected chi connectivity index (χ3v) is 2.77. The second kappa shape index (κ2) is 4.82. The molecule has 2 rings (SSSR count). The summed E-state index contributed by atoms with van der Waals surface area (Å²) in [6, 6.07) is 7.53. The van der Waals surface area contributed by atoms with Gasteiger partial charge in [0.05, 0.1) is 0 Å². The van der Waals surface area contributed by atoms with Crippen LogP contribution >= 0.6 is 0 Å². The quantitative estimate of drug-likeness (QED) is 0.798. The minimum atomic E-state index is -0.991. The molecule has 0 spiro atoms. The molecule has 0 atom stereocenters. The van der Waals surface area contributed by atoms with Crippen molar-refractivity contribution in [2.75, 3.05) is 13.1 Å². The Hall–Kier alpha value is -2.10. The van der Waals surface area contributed by atoms with Gasteiger partial charge in [-0.2, -0.15) is 0 Å². The number of carbonyl (C=O) groups excluding carboxylic acids is 1. The largest absolute Gasteiger partial charge is 0.478 e. The van der Waals surface area contributed by atoms with E-state index in [1.54, 1.807) is 4.90 Å². The van der Waals surface area contributed by atoms with E-state index in [9.17, 15) is 9.59 Å². The summed E-state index contributed by atoms with van der Waals surface area (Å²) in [7, 11) is 0. The monoisotopic (exact) mass is 231 g/mol. The van der Waals surface area contributed by atoms with Crippen LogP contribution in [0.2, 0.25) is 0 Å². The van der Waals surface area contributed by atoms with Crippen LogP contribution in [0.3, 0.4) is 0 Å². The summed E-state index contributed by atoms with van der Waals surface area (Å²) >= 11 is 0. The Morgan fingerprint density at radius 1 is 1.41 bits per heavy atom. The van der Waals surface area contributed by atoms with Gasteiger partial charge in [-0.25, -0.2) is 4.79 Å². The Morgan fingerprint density at radius 3 is 2.94 bits per heavy atom. The van der Waals surface area contributed by atoms with E-state index < -0.39 is 5.97 Å². The van der Waals surface area contributed by atoms with Crippen molar-refractivity contribution in [2.24, 2.45) is 0 Å². The highest BCUT2D eigenvalue weighted by Crippen LogP contribution is 2.18. The third-order valence-electron chi connectivity index (χ3n) is 2.77. The number of nitrogens with zero attached hydrogens (tertiary/aromatic N) is 1. The fourth-order valence-electron chi connectivity index (χ4n) is 1.93. The molecule has 1 amide bonds. The molecule has 0 saturated carbocycles. The zero-order chi connectivity index (χ0) is 12.3. The Kier molecular flexibility index (Phi) is 3.23. The number of rotatable bonds is 3. The lowest BCUT2D eigenvalue weighted by Gasteiger charge is -2.27. The Balaban J connectivity index is 2.10. The van der Waals surface area contributed by atoms with E-state index in [1.807, 2.05) is 24.3 Å². The minimum absolute atomic E-state index is 0.0260. The summed E-state index contributed by atoms with van der Waals surface area (Å²) in [4.78, 5) is 24.0. The molecule has 1 heterocycles. The van der Waals surface area contributed by atoms with E-state index in [1.165, 1.54) is 6.08 Å². The van der Waals surface area contributed by atoms with Crippen molar-refractivity contribution in [1.82, 2.24) is 4.90 Å². The SMILES string of the molecule is O=C(O)C=CCN1CCc2ccccc2C1=O. The first kappa shape index (κ1) is 11.4. The molecule has 0 bridgehead atoms. The van der Waals surface area contributed by atoms with Gasteiger partial charge in [-0.05, 0) is 18.1 Å². The first-order valence-corrected chi connectivity index (χ1v) is 5.45. The van der Waals surface area contributed by atoms with Crippen molar-refractivity contribution in [3.05, 3.63) is 47.5 Å². The van der Waals surface area contributed by atoms with Crippen LogP contribution in [0, 0.1) is 0 Å². The first-order chi connectivity index (χ1) is 8.18. The number of amides is 1. The van der Waals surface area contributed by atoms with Crippen LogP contribution in [0.15, 0.2) is 36.4 Å². The standard InChI is InChI=1S/C13H13NO3/c15-12(16)6-3-8-14-9-7-10-4-1-2-5-11(10)13(14)17/h1-6H,7-9H2,(H,15,16). The summed E-state index contributed by atoms with van der Waals surface area (Å²) in [6.07, 6.45) is 3.38. The minimum Gasteiger partial charge on any atom is -0.478 e. The molecule has 4 heteroatoms. The van der Waals surface area contributed by atoms with Crippen molar-refractivity contribution < 1.29 is 14.7 Å². The smallest absolute Gasteiger partial charge is 0.328 e. The summed E-state index contributed by atoms with van der Waals surface area (Å²) in [5, 5.41) is 8.48. The lowest BCUT2D eigenvalue weighted by atomic mass is 9.99. The van der Waals surface area contributed by atoms with Gasteiger partial charge in [0.1, 0.15) is 0 Å². The van der Waals surface area contributed by atoms with E-state index in [0.29, 0.717) is 13.1 Å². The molecule has 17 heavy (non-hydrogen) atoms. The topological polar surface area (TPSA) is 57.6 Å². The Labute approximate surface area is 99.2 Å². The molecule has 1 aromatic carbocycles. The number of carbonyl (C=O) groups is 2. The van der Waals surface area contributed by atoms with E-state index in [-0.39, 0.29) is 5.91 Å². The molecule has 0 unspecified atom stereocenters. The molecule has 1 aliphatic heterocycles. The summed E-state index contributed by atoms with van der Waals surface area (Å²) in [5.41, 5.74) is 1.79. The molecular weight excluding hydrogens is 218 g/mol. The molecule has 88 valence electrons. The van der Waals surface area contributed by atoms with Crippen LogP contribution in [0.25, 0.3) is 0 Å². The zero-order valence-corrected chi connectivity index (χ0v) is 9.30. The summed E-state index contributed by atoms with van der Waals surface area (Å²) in [6.45, 7) is 0.985. The van der Waals surface area contributed by atoms with Crippen LogP contribution in [0.5, 0.6) is 0 Å². The number of fused-ring (bicyclic) bond motifs is 1. The molecule has 1 aliphatic rings. The highest BCUT2D eigenvalue weighted by molar-refractivity contribution is 5.96. The average Bonchev–Trinajstić information content (AvgIpc) is 2.32. The van der Waals surface area contributed by atoms with Crippen LogP contribution in [0.1, 0.15) is 15.9 Å². The predicted octanol–water partition coefficient (Wildman–Crippen LogP) is 1.33. The molecule has 0 aliphatic carbocycles. The van der Waals surface area contributed by atoms with Gasteiger partial charge in [0.2, 0.25) is 0 Å². The Morgan fingerprint density at radius 2 is 2.18 bits per heavy atom. The summed E-state index contributed by atoms with van der Waals surface area (Å²) in [5.74, 6) is -1.02. The van der Waals surface area contributed by atoms with Gasteiger partial charge in [0.25, 0.3) is 5.91 Å². The molecule has 4 nitrogen and oxygen atoms in total. The van der Waals surface area contributed by atoms with Crippen LogP contribution in [0.4, 0.5) is 0 Å². The van der Waals surface area contributed by atoms with Gasteiger partial charge in [-0.1, -0.05) is 24.3 Å². The lowest BCUT2D eigenvalue weighted by Crippen LogP contribution is -2.37. The number of aliphatic carboxylic acids is 1. The maximum Gasteiger partial charge on any atom is 0.328 e. The maximum absolute atomic E-state index is 12.0. The first-order valence-electron chi connectivity index (χ1n) is 5.45. The normalized spacial score (nSPS) is 15.1. The fraction of sp³-hybridized carbons (Fsp3) is 0.231. The van der Waals surface area contributed by atoms with Crippen molar-refractivity contribution in [3.63, 3.8) is 0 Å². The summed E-state index contributed by atoms with van der Waals surface area (Å²) < 4.78 is 0. The van der Waals surface area contributed by atoms with Gasteiger partial charge < -0.3 is 10.0 Å². The van der Waals surface area contributed by atoms with E-state index >= 15 is 0 Å². The van der Waals surface area contributed by atoms with Crippen molar-refractivity contribution >= 4 is 11.9 Å². The molecule has 0 radical (unpaired) electrons. The predicted molar refractivity (Wildman–Crippen MR) is 62.8 cm³/mol. The molecule has 1 aromatic rings. The zero-order valence-electron chi connectivity index (χ0n) is 9.30.